The van der Waals surface area contributed by atoms with Gasteiger partial charge in [0.2, 0.25) is 0 Å². The van der Waals surface area contributed by atoms with Gasteiger partial charge >= 0.3 is 0 Å². The highest BCUT2D eigenvalue weighted by atomic mass is 15.3. The normalized spacial score (nSPS) is 31.1. The molecule has 1 aromatic heterocycles. The maximum absolute atomic E-state index is 4.54. The fraction of sp³-hybridized carbons (Fsp3) is 0.812. The number of piperazine rings is 1. The number of anilines is 1. The van der Waals surface area contributed by atoms with Crippen LogP contribution in [0, 0.1) is 18.8 Å². The lowest BCUT2D eigenvalue weighted by Crippen LogP contribution is -2.65. The smallest absolute Gasteiger partial charge is 0.0827 e. The van der Waals surface area contributed by atoms with E-state index in [1.165, 1.54) is 18.5 Å². The van der Waals surface area contributed by atoms with E-state index in [0.29, 0.717) is 12.0 Å². The van der Waals surface area contributed by atoms with E-state index in [0.717, 1.165) is 24.7 Å². The first-order valence-corrected chi connectivity index (χ1v) is 7.92. The zero-order valence-electron chi connectivity index (χ0n) is 13.5. The van der Waals surface area contributed by atoms with Crippen LogP contribution in [0.3, 0.4) is 0 Å². The lowest BCUT2D eigenvalue weighted by Gasteiger charge is -2.49. The fourth-order valence-electron chi connectivity index (χ4n) is 3.70. The minimum absolute atomic E-state index is 0.271. The van der Waals surface area contributed by atoms with Crippen LogP contribution in [-0.2, 0) is 7.05 Å². The number of hydrogen-bond acceptors (Lipinski definition) is 3. The Hall–Kier alpha value is -1.03. The van der Waals surface area contributed by atoms with Crippen molar-refractivity contribution in [3.05, 3.63) is 11.9 Å². The second-order valence-corrected chi connectivity index (χ2v) is 7.29. The van der Waals surface area contributed by atoms with Gasteiger partial charge in [-0.1, -0.05) is 13.8 Å². The Bertz CT molecular complexity index is 489. The van der Waals surface area contributed by atoms with Crippen LogP contribution in [0.4, 0.5) is 5.69 Å². The maximum Gasteiger partial charge on any atom is 0.0827 e. The van der Waals surface area contributed by atoms with Crippen molar-refractivity contribution in [1.29, 1.82) is 0 Å². The molecule has 0 amide bonds. The van der Waals surface area contributed by atoms with Gasteiger partial charge in [0.15, 0.2) is 0 Å². The second-order valence-electron chi connectivity index (χ2n) is 7.29. The molecule has 1 saturated carbocycles. The Kier molecular flexibility index (Phi) is 3.32. The number of aryl methyl sites for hydroxylation is 2. The minimum Gasteiger partial charge on any atom is -0.362 e. The molecule has 2 unspecified atom stereocenters. The molecule has 4 nitrogen and oxygen atoms in total. The minimum atomic E-state index is 0.271. The van der Waals surface area contributed by atoms with Gasteiger partial charge in [-0.25, -0.2) is 0 Å². The summed E-state index contributed by atoms with van der Waals surface area (Å²) in [7, 11) is 2.02. The standard InChI is InChI=1S/C16H28N4/c1-11(2)14-8-17-16(4,13-6-7-13)10-20(14)15-9-19(5)18-12(15)3/h9,11,13-14,17H,6-8,10H2,1-5H3. The second kappa shape index (κ2) is 4.76. The average molecular weight is 276 g/mol. The Labute approximate surface area is 122 Å². The third kappa shape index (κ3) is 2.34. The molecule has 0 radical (unpaired) electrons. The summed E-state index contributed by atoms with van der Waals surface area (Å²) >= 11 is 0. The van der Waals surface area contributed by atoms with Gasteiger partial charge in [-0.05, 0) is 38.5 Å². The maximum atomic E-state index is 4.54. The van der Waals surface area contributed by atoms with Crippen LogP contribution in [0.25, 0.3) is 0 Å². The van der Waals surface area contributed by atoms with Gasteiger partial charge in [-0.15, -0.1) is 0 Å². The predicted octanol–water partition coefficient (Wildman–Crippen LogP) is 2.33. The number of rotatable bonds is 3. The van der Waals surface area contributed by atoms with Crippen molar-refractivity contribution in [2.24, 2.45) is 18.9 Å². The molecule has 0 aromatic carbocycles. The summed E-state index contributed by atoms with van der Waals surface area (Å²) in [5.74, 6) is 1.50. The van der Waals surface area contributed by atoms with Crippen molar-refractivity contribution in [1.82, 2.24) is 15.1 Å². The molecule has 1 aliphatic carbocycles. The first-order valence-electron chi connectivity index (χ1n) is 7.92. The summed E-state index contributed by atoms with van der Waals surface area (Å²) in [6.07, 6.45) is 4.95. The van der Waals surface area contributed by atoms with Crippen LogP contribution < -0.4 is 10.2 Å². The summed E-state index contributed by atoms with van der Waals surface area (Å²) in [5, 5.41) is 8.39. The Morgan fingerprint density at radius 1 is 1.40 bits per heavy atom. The molecule has 0 spiro atoms. The van der Waals surface area contributed by atoms with E-state index in [-0.39, 0.29) is 5.54 Å². The van der Waals surface area contributed by atoms with Crippen LogP contribution in [-0.4, -0.2) is 34.5 Å². The van der Waals surface area contributed by atoms with Gasteiger partial charge in [-0.3, -0.25) is 4.68 Å². The highest BCUT2D eigenvalue weighted by molar-refractivity contribution is 5.51. The van der Waals surface area contributed by atoms with E-state index in [1.54, 1.807) is 0 Å². The number of aromatic nitrogens is 2. The summed E-state index contributed by atoms with van der Waals surface area (Å²) in [4.78, 5) is 2.61. The van der Waals surface area contributed by atoms with Crippen LogP contribution >= 0.6 is 0 Å². The lowest BCUT2D eigenvalue weighted by atomic mass is 9.87. The molecule has 4 heteroatoms. The molecule has 2 atom stereocenters. The van der Waals surface area contributed by atoms with E-state index in [9.17, 15) is 0 Å². The van der Waals surface area contributed by atoms with Gasteiger partial charge in [0.25, 0.3) is 0 Å². The van der Waals surface area contributed by atoms with Crippen molar-refractivity contribution >= 4 is 5.69 Å². The topological polar surface area (TPSA) is 33.1 Å². The predicted molar refractivity (Wildman–Crippen MR) is 83.0 cm³/mol. The first kappa shape index (κ1) is 13.9. The Morgan fingerprint density at radius 3 is 2.60 bits per heavy atom. The van der Waals surface area contributed by atoms with Gasteiger partial charge in [0, 0.05) is 37.9 Å². The Balaban J connectivity index is 1.91. The fourth-order valence-corrected chi connectivity index (χ4v) is 3.70. The molecule has 2 fully saturated rings. The van der Waals surface area contributed by atoms with E-state index in [1.807, 2.05) is 11.7 Å². The van der Waals surface area contributed by atoms with Crippen molar-refractivity contribution in [2.45, 2.75) is 52.1 Å². The van der Waals surface area contributed by atoms with E-state index in [4.69, 9.17) is 0 Å². The van der Waals surface area contributed by atoms with E-state index >= 15 is 0 Å². The molecule has 3 rings (SSSR count). The molecule has 1 saturated heterocycles. The number of nitrogens with one attached hydrogen (secondary N) is 1. The highest BCUT2D eigenvalue weighted by Gasteiger charge is 2.46. The number of hydrogen-bond donors (Lipinski definition) is 1. The molecular formula is C16H28N4. The first-order chi connectivity index (χ1) is 9.40. The molecule has 2 aliphatic rings. The van der Waals surface area contributed by atoms with E-state index in [2.05, 4.69) is 49.2 Å². The number of nitrogens with zero attached hydrogens (tertiary/aromatic N) is 3. The molecule has 1 aromatic rings. The molecule has 112 valence electrons. The Morgan fingerprint density at radius 2 is 2.10 bits per heavy atom. The largest absolute Gasteiger partial charge is 0.362 e. The van der Waals surface area contributed by atoms with Gasteiger partial charge in [0.05, 0.1) is 11.4 Å². The summed E-state index contributed by atoms with van der Waals surface area (Å²) in [6, 6.07) is 0.560. The van der Waals surface area contributed by atoms with Gasteiger partial charge in [-0.2, -0.15) is 5.10 Å². The third-order valence-electron chi connectivity index (χ3n) is 5.16. The average Bonchev–Trinajstić information content (AvgIpc) is 3.15. The highest BCUT2D eigenvalue weighted by Crippen LogP contribution is 2.42. The molecule has 1 aliphatic heterocycles. The molecule has 2 heterocycles. The van der Waals surface area contributed by atoms with Crippen LogP contribution in [0.15, 0.2) is 6.20 Å². The van der Waals surface area contributed by atoms with Gasteiger partial charge < -0.3 is 10.2 Å². The zero-order valence-corrected chi connectivity index (χ0v) is 13.5. The van der Waals surface area contributed by atoms with Gasteiger partial charge in [0.1, 0.15) is 0 Å². The van der Waals surface area contributed by atoms with Crippen molar-refractivity contribution in [3.8, 4) is 0 Å². The quantitative estimate of drug-likeness (QED) is 0.920. The molecule has 20 heavy (non-hydrogen) atoms. The lowest BCUT2D eigenvalue weighted by molar-refractivity contribution is 0.233. The van der Waals surface area contributed by atoms with Crippen molar-refractivity contribution in [2.75, 3.05) is 18.0 Å². The molecular weight excluding hydrogens is 248 g/mol. The van der Waals surface area contributed by atoms with Crippen molar-refractivity contribution < 1.29 is 0 Å². The van der Waals surface area contributed by atoms with Crippen LogP contribution in [0.2, 0.25) is 0 Å². The monoisotopic (exact) mass is 276 g/mol. The van der Waals surface area contributed by atoms with Crippen LogP contribution in [0.1, 0.15) is 39.3 Å². The SMILES string of the molecule is Cc1nn(C)cc1N1CC(C)(C2CC2)NCC1C(C)C. The molecule has 1 N–H and O–H groups in total. The zero-order chi connectivity index (χ0) is 14.5. The molecule has 0 bridgehead atoms. The summed E-state index contributed by atoms with van der Waals surface area (Å²) in [5.41, 5.74) is 2.74. The summed E-state index contributed by atoms with van der Waals surface area (Å²) < 4.78 is 1.94. The third-order valence-corrected chi connectivity index (χ3v) is 5.16. The summed E-state index contributed by atoms with van der Waals surface area (Å²) in [6.45, 7) is 11.4. The van der Waals surface area contributed by atoms with E-state index < -0.39 is 0 Å². The van der Waals surface area contributed by atoms with Crippen molar-refractivity contribution in [3.63, 3.8) is 0 Å². The van der Waals surface area contributed by atoms with Crippen LogP contribution in [0.5, 0.6) is 0 Å².